The van der Waals surface area contributed by atoms with Crippen molar-refractivity contribution in [1.29, 1.82) is 0 Å². The maximum atomic E-state index is 15.2. The molecule has 0 amide bonds. The summed E-state index contributed by atoms with van der Waals surface area (Å²) in [6, 6.07) is 3.90. The fourth-order valence-corrected chi connectivity index (χ4v) is 4.36. The zero-order valence-electron chi connectivity index (χ0n) is 13.5. The maximum absolute atomic E-state index is 15.2. The molecule has 136 valence electrons. The van der Waals surface area contributed by atoms with Gasteiger partial charge in [-0.3, -0.25) is 0 Å². The van der Waals surface area contributed by atoms with Gasteiger partial charge in [-0.15, -0.1) is 16.4 Å². The van der Waals surface area contributed by atoms with E-state index in [0.29, 0.717) is 24.9 Å². The zero-order valence-corrected chi connectivity index (χ0v) is 15.8. The van der Waals surface area contributed by atoms with Crippen LogP contribution in [0.2, 0.25) is 10.4 Å². The quantitative estimate of drug-likeness (QED) is 0.571. The summed E-state index contributed by atoms with van der Waals surface area (Å²) >= 11 is 14.0. The van der Waals surface area contributed by atoms with Gasteiger partial charge in [-0.2, -0.15) is 4.98 Å². The molecule has 3 heterocycles. The van der Waals surface area contributed by atoms with Crippen LogP contribution in [0.5, 0.6) is 0 Å². The molecule has 0 saturated heterocycles. The number of anilines is 1. The van der Waals surface area contributed by atoms with Gasteiger partial charge in [-0.1, -0.05) is 23.7 Å². The minimum atomic E-state index is -0.485. The summed E-state index contributed by atoms with van der Waals surface area (Å²) < 4.78 is 29.8. The molecule has 4 rings (SSSR count). The highest BCUT2D eigenvalue weighted by Crippen LogP contribution is 2.41. The van der Waals surface area contributed by atoms with Crippen molar-refractivity contribution in [3.05, 3.63) is 56.1 Å². The molecule has 1 N–H and O–H groups in total. The van der Waals surface area contributed by atoms with Gasteiger partial charge in [-0.05, 0) is 48.2 Å². The second-order valence-electron chi connectivity index (χ2n) is 6.06. The number of thiophene rings is 1. The molecule has 0 bridgehead atoms. The number of rotatable bonds is 4. The van der Waals surface area contributed by atoms with Crippen molar-refractivity contribution >= 4 is 45.9 Å². The van der Waals surface area contributed by atoms with Gasteiger partial charge in [0.15, 0.2) is 11.6 Å². The Balaban J connectivity index is 1.77. The SMILES string of the molecule is FC1=CCC(c2c(F)c3c(NCc4cccs4)nc(Cl)nn3c2Cl)CC1. The minimum Gasteiger partial charge on any atom is -0.363 e. The van der Waals surface area contributed by atoms with Gasteiger partial charge >= 0.3 is 0 Å². The van der Waals surface area contributed by atoms with Crippen molar-refractivity contribution in [2.75, 3.05) is 5.32 Å². The van der Waals surface area contributed by atoms with Crippen LogP contribution in [0.1, 0.15) is 35.6 Å². The van der Waals surface area contributed by atoms with Crippen LogP contribution in [-0.4, -0.2) is 14.6 Å². The fraction of sp³-hybridized carbons (Fsp3) is 0.294. The highest BCUT2D eigenvalue weighted by Gasteiger charge is 2.29. The molecule has 3 aromatic rings. The maximum Gasteiger partial charge on any atom is 0.243 e. The Morgan fingerprint density at radius 1 is 1.35 bits per heavy atom. The lowest BCUT2D eigenvalue weighted by Gasteiger charge is -2.18. The smallest absolute Gasteiger partial charge is 0.243 e. The lowest BCUT2D eigenvalue weighted by Crippen LogP contribution is -2.05. The number of halogens is 4. The average Bonchev–Trinajstić information content (AvgIpc) is 3.22. The molecule has 1 aliphatic carbocycles. The number of allylic oxidation sites excluding steroid dienone is 2. The van der Waals surface area contributed by atoms with Crippen LogP contribution in [0.15, 0.2) is 29.4 Å². The van der Waals surface area contributed by atoms with Crippen LogP contribution >= 0.6 is 34.5 Å². The second kappa shape index (κ2) is 7.13. The second-order valence-corrected chi connectivity index (χ2v) is 7.79. The van der Waals surface area contributed by atoms with Crippen LogP contribution in [0.25, 0.3) is 5.52 Å². The van der Waals surface area contributed by atoms with Crippen molar-refractivity contribution in [2.24, 2.45) is 0 Å². The van der Waals surface area contributed by atoms with Gasteiger partial charge in [0.1, 0.15) is 10.7 Å². The monoisotopic (exact) mass is 414 g/mol. The van der Waals surface area contributed by atoms with E-state index in [-0.39, 0.29) is 39.9 Å². The molecule has 0 aromatic carbocycles. The Morgan fingerprint density at radius 2 is 2.19 bits per heavy atom. The summed E-state index contributed by atoms with van der Waals surface area (Å²) in [5.74, 6) is -0.571. The van der Waals surface area contributed by atoms with E-state index in [1.165, 1.54) is 10.6 Å². The topological polar surface area (TPSA) is 42.2 Å². The Kier molecular flexibility index (Phi) is 4.86. The minimum absolute atomic E-state index is 0.0378. The van der Waals surface area contributed by atoms with Gasteiger partial charge in [0.05, 0.1) is 12.4 Å². The normalized spacial score (nSPS) is 17.5. The molecular formula is C17H14Cl2F2N4S. The van der Waals surface area contributed by atoms with Crippen LogP contribution in [-0.2, 0) is 6.54 Å². The van der Waals surface area contributed by atoms with E-state index in [4.69, 9.17) is 23.2 Å². The first kappa shape index (κ1) is 17.7. The molecule has 1 unspecified atom stereocenters. The number of hydrogen-bond acceptors (Lipinski definition) is 4. The summed E-state index contributed by atoms with van der Waals surface area (Å²) in [6.45, 7) is 0.482. The van der Waals surface area contributed by atoms with E-state index < -0.39 is 5.82 Å². The van der Waals surface area contributed by atoms with Crippen molar-refractivity contribution in [3.63, 3.8) is 0 Å². The molecule has 0 saturated carbocycles. The molecule has 0 fully saturated rings. The van der Waals surface area contributed by atoms with Gasteiger partial charge in [0.25, 0.3) is 0 Å². The van der Waals surface area contributed by atoms with Gasteiger partial charge in [-0.25, -0.2) is 13.3 Å². The molecule has 0 spiro atoms. The molecule has 1 atom stereocenters. The average molecular weight is 415 g/mol. The highest BCUT2D eigenvalue weighted by molar-refractivity contribution is 7.09. The van der Waals surface area contributed by atoms with Crippen LogP contribution < -0.4 is 5.32 Å². The summed E-state index contributed by atoms with van der Waals surface area (Å²) in [4.78, 5) is 5.20. The molecule has 3 aromatic heterocycles. The summed E-state index contributed by atoms with van der Waals surface area (Å²) in [5, 5.41) is 9.23. The Hall–Kier alpha value is -1.70. The third-order valence-electron chi connectivity index (χ3n) is 4.45. The number of aromatic nitrogens is 3. The fourth-order valence-electron chi connectivity index (χ4n) is 3.19. The first-order chi connectivity index (χ1) is 12.5. The van der Waals surface area contributed by atoms with Crippen LogP contribution in [0.4, 0.5) is 14.6 Å². The van der Waals surface area contributed by atoms with Crippen LogP contribution in [0, 0.1) is 5.82 Å². The molecular weight excluding hydrogens is 401 g/mol. The standard InChI is InChI=1S/C17H14Cl2F2N4S/c18-15-12(9-3-5-10(20)6-4-9)13(21)14-16(23-17(19)24-25(14)15)22-8-11-2-1-7-26-11/h1-2,5,7,9H,3-4,6,8H2,(H,22,23,24). The predicted molar refractivity (Wildman–Crippen MR) is 100 cm³/mol. The zero-order chi connectivity index (χ0) is 18.3. The van der Waals surface area contributed by atoms with E-state index in [0.717, 1.165) is 4.88 Å². The number of hydrogen-bond donors (Lipinski definition) is 1. The van der Waals surface area contributed by atoms with Crippen molar-refractivity contribution < 1.29 is 8.78 Å². The number of nitrogens with zero attached hydrogens (tertiary/aromatic N) is 3. The number of nitrogens with one attached hydrogen (secondary N) is 1. The highest BCUT2D eigenvalue weighted by atomic mass is 35.5. The Labute approximate surface area is 162 Å². The van der Waals surface area contributed by atoms with E-state index in [9.17, 15) is 4.39 Å². The molecule has 9 heteroatoms. The molecule has 1 aliphatic rings. The third-order valence-corrected chi connectivity index (χ3v) is 5.85. The Bertz CT molecular complexity index is 985. The lowest BCUT2D eigenvalue weighted by molar-refractivity contribution is 0.485. The van der Waals surface area contributed by atoms with E-state index in [1.807, 2.05) is 17.5 Å². The van der Waals surface area contributed by atoms with Gasteiger partial charge in [0.2, 0.25) is 5.28 Å². The van der Waals surface area contributed by atoms with Crippen molar-refractivity contribution in [1.82, 2.24) is 14.6 Å². The first-order valence-electron chi connectivity index (χ1n) is 8.08. The molecule has 0 radical (unpaired) electrons. The number of fused-ring (bicyclic) bond motifs is 1. The summed E-state index contributed by atoms with van der Waals surface area (Å²) in [7, 11) is 0. The van der Waals surface area contributed by atoms with Gasteiger partial charge < -0.3 is 5.32 Å². The first-order valence-corrected chi connectivity index (χ1v) is 9.72. The predicted octanol–water partition coefficient (Wildman–Crippen LogP) is 5.97. The third kappa shape index (κ3) is 3.19. The molecule has 0 aliphatic heterocycles. The largest absolute Gasteiger partial charge is 0.363 e. The molecule has 4 nitrogen and oxygen atoms in total. The van der Waals surface area contributed by atoms with E-state index in [2.05, 4.69) is 15.4 Å². The Morgan fingerprint density at radius 3 is 2.88 bits per heavy atom. The van der Waals surface area contributed by atoms with Crippen molar-refractivity contribution in [3.8, 4) is 0 Å². The summed E-state index contributed by atoms with van der Waals surface area (Å²) in [5.41, 5.74) is 0.493. The van der Waals surface area contributed by atoms with Crippen molar-refractivity contribution in [2.45, 2.75) is 31.7 Å². The van der Waals surface area contributed by atoms with Gasteiger partial charge in [0, 0.05) is 10.4 Å². The lowest BCUT2D eigenvalue weighted by atomic mass is 9.88. The molecule has 26 heavy (non-hydrogen) atoms. The van der Waals surface area contributed by atoms with Crippen LogP contribution in [0.3, 0.4) is 0 Å². The van der Waals surface area contributed by atoms with E-state index in [1.54, 1.807) is 11.3 Å². The summed E-state index contributed by atoms with van der Waals surface area (Å²) in [6.07, 6.45) is 2.66. The van der Waals surface area contributed by atoms with E-state index >= 15 is 4.39 Å².